The monoisotopic (exact) mass is 530 g/mol. The summed E-state index contributed by atoms with van der Waals surface area (Å²) in [7, 11) is -1.68. The van der Waals surface area contributed by atoms with E-state index in [2.05, 4.69) is 37.1 Å². The van der Waals surface area contributed by atoms with E-state index in [1.807, 2.05) is 43.3 Å². The highest BCUT2D eigenvalue weighted by molar-refractivity contribution is 6.88. The first-order valence-corrected chi connectivity index (χ1v) is 16.2. The number of hydrogen-bond donors (Lipinski definition) is 2. The molecule has 2 N–H and O–H groups in total. The summed E-state index contributed by atoms with van der Waals surface area (Å²) in [5.74, 6) is -1.08. The molecule has 1 atom stereocenters. The van der Waals surface area contributed by atoms with E-state index in [4.69, 9.17) is 9.72 Å². The van der Waals surface area contributed by atoms with Crippen molar-refractivity contribution in [3.8, 4) is 11.3 Å². The van der Waals surface area contributed by atoms with Gasteiger partial charge >= 0.3 is 0 Å². The Morgan fingerprint density at radius 3 is 2.32 bits per heavy atom. The van der Waals surface area contributed by atoms with E-state index >= 15 is 4.39 Å². The number of nitrogens with zero attached hydrogens (tertiary/aromatic N) is 1. The van der Waals surface area contributed by atoms with Crippen molar-refractivity contribution in [3.05, 3.63) is 89.2 Å². The summed E-state index contributed by atoms with van der Waals surface area (Å²) in [6, 6.07) is 20.0. The van der Waals surface area contributed by atoms with Crippen molar-refractivity contribution in [2.75, 3.05) is 5.32 Å². The molecule has 1 amide bonds. The number of benzene rings is 3. The number of anilines is 1. The summed E-state index contributed by atoms with van der Waals surface area (Å²) in [6.07, 6.45) is -1.28. The summed E-state index contributed by atoms with van der Waals surface area (Å²) in [6.45, 7) is 14.0. The minimum atomic E-state index is -1.68. The number of amides is 1. The molecule has 0 spiro atoms. The van der Waals surface area contributed by atoms with Crippen LogP contribution in [0.15, 0.2) is 66.7 Å². The Morgan fingerprint density at radius 2 is 1.71 bits per heavy atom. The number of carbonyl (C=O) groups excluding carboxylic acids is 1. The highest BCUT2D eigenvalue weighted by Crippen LogP contribution is 2.31. The van der Waals surface area contributed by atoms with Gasteiger partial charge in [-0.3, -0.25) is 4.79 Å². The van der Waals surface area contributed by atoms with Crippen LogP contribution in [0, 0.1) is 12.7 Å². The number of fused-ring (bicyclic) bond motifs is 1. The first kappa shape index (κ1) is 27.6. The van der Waals surface area contributed by atoms with Crippen LogP contribution in [0.5, 0.6) is 0 Å². The molecular formula is C31H35FN2O3Si. The van der Waals surface area contributed by atoms with Crippen molar-refractivity contribution in [1.29, 1.82) is 0 Å². The fraction of sp³-hybridized carbons (Fsp3) is 0.290. The number of nitrogens with one attached hydrogen (secondary N) is 1. The largest absolute Gasteiger partial charge is 0.364 e. The lowest BCUT2D eigenvalue weighted by Gasteiger charge is -2.24. The van der Waals surface area contributed by atoms with Crippen molar-refractivity contribution in [2.24, 2.45) is 0 Å². The predicted octanol–water partition coefficient (Wildman–Crippen LogP) is 6.95. The molecule has 4 rings (SSSR count). The van der Waals surface area contributed by atoms with Gasteiger partial charge in [-0.05, 0) is 51.5 Å². The maximum Gasteiger partial charge on any atom is 0.256 e. The molecular weight excluding hydrogens is 495 g/mol. The molecule has 0 aliphatic rings. The lowest BCUT2D eigenvalue weighted by atomic mass is 9.97. The Balaban J connectivity index is 1.79. The van der Waals surface area contributed by atoms with Gasteiger partial charge < -0.3 is 15.2 Å². The summed E-state index contributed by atoms with van der Waals surface area (Å²) < 4.78 is 20.6. The number of ether oxygens (including phenoxy) is 1. The molecule has 0 radical (unpaired) electrons. The van der Waals surface area contributed by atoms with Gasteiger partial charge in [0, 0.05) is 16.5 Å². The number of pyridine rings is 1. The molecule has 7 heteroatoms. The second-order valence-electron chi connectivity index (χ2n) is 11.6. The smallest absolute Gasteiger partial charge is 0.256 e. The van der Waals surface area contributed by atoms with Crippen LogP contribution in [-0.2, 0) is 4.74 Å². The number of aliphatic hydroxyl groups is 1. The summed E-state index contributed by atoms with van der Waals surface area (Å²) in [4.78, 5) is 18.7. The van der Waals surface area contributed by atoms with E-state index in [-0.39, 0.29) is 11.3 Å². The van der Waals surface area contributed by atoms with Crippen molar-refractivity contribution in [2.45, 2.75) is 59.2 Å². The van der Waals surface area contributed by atoms with E-state index in [1.54, 1.807) is 26.8 Å². The maximum atomic E-state index is 15.1. The molecule has 1 aromatic heterocycles. The van der Waals surface area contributed by atoms with E-state index < -0.39 is 31.7 Å². The summed E-state index contributed by atoms with van der Waals surface area (Å²) in [5, 5.41) is 15.0. The number of rotatable bonds is 6. The lowest BCUT2D eigenvalue weighted by Crippen LogP contribution is -2.37. The third-order valence-corrected chi connectivity index (χ3v) is 8.40. The van der Waals surface area contributed by atoms with Crippen molar-refractivity contribution in [1.82, 2.24) is 4.98 Å². The Morgan fingerprint density at radius 1 is 1.03 bits per heavy atom. The van der Waals surface area contributed by atoms with Crippen LogP contribution in [-0.4, -0.2) is 29.7 Å². The quantitative estimate of drug-likeness (QED) is 0.209. The number of halogens is 1. The lowest BCUT2D eigenvalue weighted by molar-refractivity contribution is -0.169. The number of hydrogen-bond acceptors (Lipinski definition) is 4. The van der Waals surface area contributed by atoms with Crippen LogP contribution < -0.4 is 10.5 Å². The first-order valence-electron chi connectivity index (χ1n) is 12.7. The summed E-state index contributed by atoms with van der Waals surface area (Å²) in [5.41, 5.74) is 3.20. The van der Waals surface area contributed by atoms with Crippen LogP contribution in [0.1, 0.15) is 48.5 Å². The van der Waals surface area contributed by atoms with Crippen LogP contribution in [0.2, 0.25) is 19.6 Å². The van der Waals surface area contributed by atoms with E-state index in [0.29, 0.717) is 16.8 Å². The molecule has 3 aromatic carbocycles. The number of carbonyl (C=O) groups is 1. The van der Waals surface area contributed by atoms with E-state index in [9.17, 15) is 9.90 Å². The van der Waals surface area contributed by atoms with Gasteiger partial charge in [-0.25, -0.2) is 9.37 Å². The average Bonchev–Trinajstić information content (AvgIpc) is 2.83. The van der Waals surface area contributed by atoms with Crippen LogP contribution in [0.25, 0.3) is 22.2 Å². The van der Waals surface area contributed by atoms with Crippen molar-refractivity contribution >= 4 is 35.8 Å². The normalized spacial score (nSPS) is 13.0. The van der Waals surface area contributed by atoms with Gasteiger partial charge in [0.2, 0.25) is 0 Å². The number of aliphatic hydroxyl groups excluding tert-OH is 1. The molecule has 4 aromatic rings. The zero-order valence-corrected chi connectivity index (χ0v) is 24.0. The maximum absolute atomic E-state index is 15.1. The molecule has 0 fully saturated rings. The average molecular weight is 531 g/mol. The van der Waals surface area contributed by atoms with Gasteiger partial charge in [-0.2, -0.15) is 0 Å². The Hall–Kier alpha value is -3.39. The Kier molecular flexibility index (Phi) is 7.57. The topological polar surface area (TPSA) is 71.5 Å². The minimum Gasteiger partial charge on any atom is -0.364 e. The molecule has 0 saturated heterocycles. The second kappa shape index (κ2) is 10.4. The van der Waals surface area contributed by atoms with Crippen LogP contribution in [0.4, 0.5) is 10.1 Å². The zero-order valence-electron chi connectivity index (χ0n) is 23.0. The Labute approximate surface area is 224 Å². The predicted molar refractivity (Wildman–Crippen MR) is 155 cm³/mol. The highest BCUT2D eigenvalue weighted by Gasteiger charge is 2.24. The fourth-order valence-corrected chi connectivity index (χ4v) is 5.53. The molecule has 5 nitrogen and oxygen atoms in total. The van der Waals surface area contributed by atoms with Gasteiger partial charge in [0.1, 0.15) is 5.82 Å². The van der Waals surface area contributed by atoms with Gasteiger partial charge in [-0.15, -0.1) is 0 Å². The Bertz CT molecular complexity index is 1490. The highest BCUT2D eigenvalue weighted by atomic mass is 28.3. The van der Waals surface area contributed by atoms with Crippen LogP contribution >= 0.6 is 0 Å². The molecule has 0 saturated carbocycles. The fourth-order valence-electron chi connectivity index (χ4n) is 4.37. The molecule has 0 bridgehead atoms. The van der Waals surface area contributed by atoms with Crippen molar-refractivity contribution < 1.29 is 19.0 Å². The first-order chi connectivity index (χ1) is 17.7. The molecule has 0 aliphatic carbocycles. The third kappa shape index (κ3) is 6.01. The third-order valence-electron chi connectivity index (χ3n) is 6.36. The van der Waals surface area contributed by atoms with Crippen molar-refractivity contribution in [3.63, 3.8) is 0 Å². The molecule has 1 unspecified atom stereocenters. The molecule has 1 heterocycles. The standard InChI is InChI=1S/C31H35FN2O3Si/c1-19-27(29(35)34-26-15-13-21(17-24(26)32)30(36)37-31(2,3)4)23-18-22(38(5,6)7)14-16-25(23)33-28(19)20-11-9-8-10-12-20/h8-18,30,36H,1-7H3,(H,34,35). The molecule has 0 aliphatic heterocycles. The SMILES string of the molecule is Cc1c(-c2ccccc2)nc2ccc([Si](C)(C)C)cc2c1C(=O)Nc1ccc(C(O)OC(C)(C)C)cc1F. The zero-order chi connectivity index (χ0) is 27.8. The van der Waals surface area contributed by atoms with Gasteiger partial charge in [0.25, 0.3) is 5.91 Å². The van der Waals surface area contributed by atoms with Gasteiger partial charge in [0.15, 0.2) is 6.29 Å². The van der Waals surface area contributed by atoms with Gasteiger partial charge in [-0.1, -0.05) is 73.4 Å². The number of aromatic nitrogens is 1. The van der Waals surface area contributed by atoms with E-state index in [0.717, 1.165) is 16.5 Å². The summed E-state index contributed by atoms with van der Waals surface area (Å²) >= 11 is 0. The molecule has 198 valence electrons. The minimum absolute atomic E-state index is 0.0219. The van der Waals surface area contributed by atoms with E-state index in [1.165, 1.54) is 17.3 Å². The van der Waals surface area contributed by atoms with Gasteiger partial charge in [0.05, 0.1) is 36.1 Å². The molecule has 38 heavy (non-hydrogen) atoms. The second-order valence-corrected chi connectivity index (χ2v) is 16.7. The van der Waals surface area contributed by atoms with Crippen LogP contribution in [0.3, 0.4) is 0 Å².